The van der Waals surface area contributed by atoms with E-state index in [-0.39, 0.29) is 6.10 Å². The molecule has 0 bridgehead atoms. The maximum absolute atomic E-state index is 11.5. The Hall–Kier alpha value is -1.62. The van der Waals surface area contributed by atoms with Gasteiger partial charge in [-0.25, -0.2) is 4.98 Å². The second-order valence-corrected chi connectivity index (χ2v) is 4.90. The van der Waals surface area contributed by atoms with Crippen LogP contribution in [0, 0.1) is 0 Å². The Balaban J connectivity index is 1.92. The summed E-state index contributed by atoms with van der Waals surface area (Å²) in [5, 5.41) is 3.22. The van der Waals surface area contributed by atoms with Gasteiger partial charge in [0.25, 0.3) is 5.91 Å². The van der Waals surface area contributed by atoms with Gasteiger partial charge >= 0.3 is 0 Å². The SMILES string of the molecule is NC(=O)c1cc2c(nc1OC1CCNC1)CCC2. The number of aryl methyl sites for hydroxylation is 2. The molecule has 1 aliphatic heterocycles. The lowest BCUT2D eigenvalue weighted by molar-refractivity contribution is 0.0992. The van der Waals surface area contributed by atoms with Crippen LogP contribution in [0.15, 0.2) is 6.07 Å². The zero-order chi connectivity index (χ0) is 12.5. The van der Waals surface area contributed by atoms with E-state index < -0.39 is 5.91 Å². The summed E-state index contributed by atoms with van der Waals surface area (Å²) in [4.78, 5) is 16.0. The van der Waals surface area contributed by atoms with Crippen molar-refractivity contribution in [2.45, 2.75) is 31.8 Å². The number of nitrogens with zero attached hydrogens (tertiary/aromatic N) is 1. The summed E-state index contributed by atoms with van der Waals surface area (Å²) in [5.74, 6) is -0.0463. The monoisotopic (exact) mass is 247 g/mol. The highest BCUT2D eigenvalue weighted by atomic mass is 16.5. The molecular weight excluding hydrogens is 230 g/mol. The van der Waals surface area contributed by atoms with Crippen molar-refractivity contribution in [3.63, 3.8) is 0 Å². The van der Waals surface area contributed by atoms with Crippen molar-refractivity contribution in [3.8, 4) is 5.88 Å². The first-order chi connectivity index (χ1) is 8.74. The zero-order valence-corrected chi connectivity index (χ0v) is 10.2. The van der Waals surface area contributed by atoms with Gasteiger partial charge < -0.3 is 15.8 Å². The Morgan fingerprint density at radius 2 is 2.39 bits per heavy atom. The van der Waals surface area contributed by atoms with Gasteiger partial charge in [-0.2, -0.15) is 0 Å². The van der Waals surface area contributed by atoms with Crippen LogP contribution in [0.1, 0.15) is 34.5 Å². The molecule has 0 saturated carbocycles. The Kier molecular flexibility index (Phi) is 2.91. The third kappa shape index (κ3) is 2.06. The van der Waals surface area contributed by atoms with E-state index >= 15 is 0 Å². The number of aromatic nitrogens is 1. The third-order valence-electron chi connectivity index (χ3n) is 3.57. The molecular formula is C13H17N3O2. The second kappa shape index (κ2) is 4.57. The summed E-state index contributed by atoms with van der Waals surface area (Å²) >= 11 is 0. The number of nitrogens with one attached hydrogen (secondary N) is 1. The van der Waals surface area contributed by atoms with Crippen molar-refractivity contribution >= 4 is 5.91 Å². The molecule has 1 fully saturated rings. The summed E-state index contributed by atoms with van der Waals surface area (Å²) in [7, 11) is 0. The minimum absolute atomic E-state index is 0.0926. The van der Waals surface area contributed by atoms with Gasteiger partial charge in [0.15, 0.2) is 0 Å². The van der Waals surface area contributed by atoms with Gasteiger partial charge in [-0.1, -0.05) is 0 Å². The quantitative estimate of drug-likeness (QED) is 0.811. The van der Waals surface area contributed by atoms with Crippen LogP contribution in [0.3, 0.4) is 0 Å². The van der Waals surface area contributed by atoms with E-state index in [0.29, 0.717) is 11.4 Å². The van der Waals surface area contributed by atoms with Crippen LogP contribution in [-0.4, -0.2) is 30.1 Å². The number of pyridine rings is 1. The van der Waals surface area contributed by atoms with E-state index in [0.717, 1.165) is 50.0 Å². The molecule has 1 aliphatic carbocycles. The number of carbonyl (C=O) groups excluding carboxylic acids is 1. The molecule has 1 unspecified atom stereocenters. The number of rotatable bonds is 3. The minimum Gasteiger partial charge on any atom is -0.472 e. The van der Waals surface area contributed by atoms with Crippen LogP contribution in [-0.2, 0) is 12.8 Å². The molecule has 1 aromatic rings. The van der Waals surface area contributed by atoms with Crippen molar-refractivity contribution in [1.29, 1.82) is 0 Å². The second-order valence-electron chi connectivity index (χ2n) is 4.90. The molecule has 96 valence electrons. The summed E-state index contributed by atoms with van der Waals surface area (Å²) in [6, 6.07) is 1.86. The van der Waals surface area contributed by atoms with Crippen molar-refractivity contribution < 1.29 is 9.53 Å². The number of ether oxygens (including phenoxy) is 1. The topological polar surface area (TPSA) is 77.2 Å². The molecule has 3 N–H and O–H groups in total. The largest absolute Gasteiger partial charge is 0.472 e. The highest BCUT2D eigenvalue weighted by Crippen LogP contribution is 2.27. The molecule has 2 heterocycles. The predicted molar refractivity (Wildman–Crippen MR) is 66.7 cm³/mol. The minimum atomic E-state index is -0.460. The highest BCUT2D eigenvalue weighted by molar-refractivity contribution is 5.95. The first-order valence-corrected chi connectivity index (χ1v) is 6.44. The summed E-state index contributed by atoms with van der Waals surface area (Å²) in [6.07, 6.45) is 4.07. The lowest BCUT2D eigenvalue weighted by atomic mass is 10.1. The van der Waals surface area contributed by atoms with E-state index in [9.17, 15) is 4.79 Å². The van der Waals surface area contributed by atoms with Gasteiger partial charge in [-0.05, 0) is 43.9 Å². The Morgan fingerprint density at radius 3 is 3.11 bits per heavy atom. The summed E-state index contributed by atoms with van der Waals surface area (Å²) in [6.45, 7) is 1.75. The summed E-state index contributed by atoms with van der Waals surface area (Å²) < 4.78 is 5.82. The van der Waals surface area contributed by atoms with Crippen LogP contribution >= 0.6 is 0 Å². The predicted octanol–water partition coefficient (Wildman–Crippen LogP) is 0.410. The van der Waals surface area contributed by atoms with Gasteiger partial charge in [0.1, 0.15) is 11.7 Å². The van der Waals surface area contributed by atoms with E-state index in [1.807, 2.05) is 6.07 Å². The molecule has 0 aromatic carbocycles. The number of amides is 1. The normalized spacial score (nSPS) is 21.9. The van der Waals surface area contributed by atoms with Crippen molar-refractivity contribution in [1.82, 2.24) is 10.3 Å². The lowest BCUT2D eigenvalue weighted by Gasteiger charge is -2.15. The molecule has 3 rings (SSSR count). The van der Waals surface area contributed by atoms with Crippen molar-refractivity contribution in [3.05, 3.63) is 22.9 Å². The molecule has 0 spiro atoms. The van der Waals surface area contributed by atoms with Crippen LogP contribution < -0.4 is 15.8 Å². The maximum Gasteiger partial charge on any atom is 0.254 e. The number of hydrogen-bond donors (Lipinski definition) is 2. The Bertz CT molecular complexity index is 481. The smallest absolute Gasteiger partial charge is 0.254 e. The fourth-order valence-electron chi connectivity index (χ4n) is 2.61. The molecule has 18 heavy (non-hydrogen) atoms. The molecule has 1 amide bonds. The third-order valence-corrected chi connectivity index (χ3v) is 3.57. The molecule has 2 aliphatic rings. The number of hydrogen-bond acceptors (Lipinski definition) is 4. The van der Waals surface area contributed by atoms with Crippen LogP contribution in [0.2, 0.25) is 0 Å². The standard InChI is InChI=1S/C13H17N3O2/c14-12(17)10-6-8-2-1-3-11(8)16-13(10)18-9-4-5-15-7-9/h6,9,15H,1-5,7H2,(H2,14,17). The Morgan fingerprint density at radius 1 is 1.50 bits per heavy atom. The number of primary amides is 1. The van der Waals surface area contributed by atoms with Gasteiger partial charge in [-0.15, -0.1) is 0 Å². The van der Waals surface area contributed by atoms with Gasteiger partial charge in [0.05, 0.1) is 0 Å². The average Bonchev–Trinajstić information content (AvgIpc) is 2.97. The molecule has 5 heteroatoms. The van der Waals surface area contributed by atoms with E-state index in [1.165, 1.54) is 0 Å². The van der Waals surface area contributed by atoms with Crippen molar-refractivity contribution in [2.24, 2.45) is 5.73 Å². The van der Waals surface area contributed by atoms with E-state index in [4.69, 9.17) is 10.5 Å². The lowest BCUT2D eigenvalue weighted by Crippen LogP contribution is -2.23. The molecule has 0 radical (unpaired) electrons. The van der Waals surface area contributed by atoms with Gasteiger partial charge in [0, 0.05) is 12.2 Å². The Labute approximate surface area is 106 Å². The zero-order valence-electron chi connectivity index (χ0n) is 10.2. The van der Waals surface area contributed by atoms with Crippen LogP contribution in [0.4, 0.5) is 0 Å². The van der Waals surface area contributed by atoms with Gasteiger partial charge in [-0.3, -0.25) is 4.79 Å². The fourth-order valence-corrected chi connectivity index (χ4v) is 2.61. The van der Waals surface area contributed by atoms with E-state index in [2.05, 4.69) is 10.3 Å². The maximum atomic E-state index is 11.5. The number of fused-ring (bicyclic) bond motifs is 1. The fraction of sp³-hybridized carbons (Fsp3) is 0.538. The molecule has 1 aromatic heterocycles. The number of carbonyl (C=O) groups is 1. The average molecular weight is 247 g/mol. The number of nitrogens with two attached hydrogens (primary N) is 1. The highest BCUT2D eigenvalue weighted by Gasteiger charge is 2.23. The van der Waals surface area contributed by atoms with Crippen LogP contribution in [0.5, 0.6) is 5.88 Å². The molecule has 1 saturated heterocycles. The molecule has 1 atom stereocenters. The van der Waals surface area contributed by atoms with Gasteiger partial charge in [0.2, 0.25) is 5.88 Å². The van der Waals surface area contributed by atoms with Crippen molar-refractivity contribution in [2.75, 3.05) is 13.1 Å². The first-order valence-electron chi connectivity index (χ1n) is 6.44. The first kappa shape index (κ1) is 11.5. The van der Waals surface area contributed by atoms with E-state index in [1.54, 1.807) is 0 Å². The van der Waals surface area contributed by atoms with Crippen LogP contribution in [0.25, 0.3) is 0 Å². The molecule has 5 nitrogen and oxygen atoms in total. The summed E-state index contributed by atoms with van der Waals surface area (Å²) in [5.41, 5.74) is 8.02.